The van der Waals surface area contributed by atoms with Crippen LogP contribution >= 0.6 is 12.4 Å². The molecule has 2 rings (SSSR count). The second-order valence-electron chi connectivity index (χ2n) is 5.47. The molecule has 0 aliphatic rings. The Morgan fingerprint density at radius 3 is 2.43 bits per heavy atom. The van der Waals surface area contributed by atoms with E-state index in [-0.39, 0.29) is 24.4 Å². The summed E-state index contributed by atoms with van der Waals surface area (Å²) in [6.45, 7) is 4.42. The minimum Gasteiger partial charge on any atom is -0.491 e. The summed E-state index contributed by atoms with van der Waals surface area (Å²) in [5.41, 5.74) is 8.25. The molecule has 0 fully saturated rings. The van der Waals surface area contributed by atoms with Gasteiger partial charge in [-0.25, -0.2) is 0 Å². The molecular weight excluding hydrogens is 312 g/mol. The van der Waals surface area contributed by atoms with Crippen molar-refractivity contribution in [2.45, 2.75) is 32.9 Å². The Kier molecular flexibility index (Phi) is 7.42. The number of hydrogen-bond donors (Lipinski definition) is 2. The van der Waals surface area contributed by atoms with Crippen molar-refractivity contribution >= 4 is 24.0 Å². The fourth-order valence-corrected chi connectivity index (χ4v) is 2.10. The van der Waals surface area contributed by atoms with Crippen molar-refractivity contribution in [3.05, 3.63) is 59.7 Å². The molecule has 124 valence electrons. The largest absolute Gasteiger partial charge is 0.491 e. The lowest BCUT2D eigenvalue weighted by molar-refractivity contribution is -0.120. The smallest absolute Gasteiger partial charge is 0.224 e. The van der Waals surface area contributed by atoms with Crippen molar-refractivity contribution < 1.29 is 9.53 Å². The van der Waals surface area contributed by atoms with Crippen LogP contribution in [0.2, 0.25) is 0 Å². The first kappa shape index (κ1) is 18.8. The number of amides is 1. The fourth-order valence-electron chi connectivity index (χ4n) is 2.10. The number of carbonyl (C=O) groups is 1. The first-order chi connectivity index (χ1) is 10.5. The Balaban J connectivity index is 0.00000264. The Bertz CT molecular complexity index is 627. The zero-order chi connectivity index (χ0) is 15.9. The number of carbonyl (C=O) groups excluding carboxylic acids is 1. The predicted octanol–water partition coefficient (Wildman–Crippen LogP) is 3.34. The van der Waals surface area contributed by atoms with E-state index < -0.39 is 0 Å². The highest BCUT2D eigenvalue weighted by Gasteiger charge is 2.07. The molecule has 23 heavy (non-hydrogen) atoms. The summed E-state index contributed by atoms with van der Waals surface area (Å²) in [5, 5.41) is 2.93. The molecule has 0 atom stereocenters. The van der Waals surface area contributed by atoms with Gasteiger partial charge in [-0.05, 0) is 37.6 Å². The quantitative estimate of drug-likeness (QED) is 0.796. The summed E-state index contributed by atoms with van der Waals surface area (Å²) in [4.78, 5) is 12.0. The van der Waals surface area contributed by atoms with Crippen LogP contribution in [-0.2, 0) is 17.8 Å². The average Bonchev–Trinajstić information content (AvgIpc) is 2.48. The first-order valence-corrected chi connectivity index (χ1v) is 7.40. The topological polar surface area (TPSA) is 64.3 Å². The summed E-state index contributed by atoms with van der Waals surface area (Å²) in [6.07, 6.45) is 0.444. The summed E-state index contributed by atoms with van der Waals surface area (Å²) in [7, 11) is 0. The van der Waals surface area contributed by atoms with Gasteiger partial charge in [0.1, 0.15) is 5.75 Å². The van der Waals surface area contributed by atoms with E-state index in [0.29, 0.717) is 18.7 Å². The molecule has 0 aromatic heterocycles. The van der Waals surface area contributed by atoms with E-state index in [0.717, 1.165) is 16.9 Å². The third kappa shape index (κ3) is 6.20. The van der Waals surface area contributed by atoms with Crippen molar-refractivity contribution in [2.24, 2.45) is 0 Å². The van der Waals surface area contributed by atoms with Crippen LogP contribution in [0.15, 0.2) is 48.5 Å². The van der Waals surface area contributed by atoms with Gasteiger partial charge in [-0.1, -0.05) is 30.3 Å². The SMILES string of the molecule is CC(C)Oc1ccccc1CNC(=O)Cc1ccc(N)cc1.Cl. The number of anilines is 1. The molecule has 0 bridgehead atoms. The summed E-state index contributed by atoms with van der Waals surface area (Å²) >= 11 is 0. The normalized spacial score (nSPS) is 10.0. The number of rotatable bonds is 6. The molecule has 0 radical (unpaired) electrons. The minimum atomic E-state index is -0.0240. The lowest BCUT2D eigenvalue weighted by atomic mass is 10.1. The van der Waals surface area contributed by atoms with Gasteiger partial charge < -0.3 is 15.8 Å². The highest BCUT2D eigenvalue weighted by atomic mass is 35.5. The number of ether oxygens (including phenoxy) is 1. The molecule has 0 aliphatic heterocycles. The van der Waals surface area contributed by atoms with Crippen LogP contribution in [0.4, 0.5) is 5.69 Å². The van der Waals surface area contributed by atoms with E-state index in [2.05, 4.69) is 5.32 Å². The molecule has 0 spiro atoms. The van der Waals surface area contributed by atoms with E-state index >= 15 is 0 Å². The number of benzene rings is 2. The average molecular weight is 335 g/mol. The van der Waals surface area contributed by atoms with Crippen LogP contribution in [0.1, 0.15) is 25.0 Å². The number of nitrogen functional groups attached to an aromatic ring is 1. The monoisotopic (exact) mass is 334 g/mol. The van der Waals surface area contributed by atoms with Crippen molar-refractivity contribution in [3.8, 4) is 5.75 Å². The fraction of sp³-hybridized carbons (Fsp3) is 0.278. The Morgan fingerprint density at radius 2 is 1.78 bits per heavy atom. The van der Waals surface area contributed by atoms with Crippen LogP contribution in [0.5, 0.6) is 5.75 Å². The molecule has 2 aromatic carbocycles. The zero-order valence-corrected chi connectivity index (χ0v) is 14.2. The van der Waals surface area contributed by atoms with Crippen molar-refractivity contribution in [1.29, 1.82) is 0 Å². The molecule has 5 heteroatoms. The Labute approximate surface area is 143 Å². The highest BCUT2D eigenvalue weighted by molar-refractivity contribution is 5.85. The van der Waals surface area contributed by atoms with Gasteiger partial charge in [0.15, 0.2) is 0 Å². The van der Waals surface area contributed by atoms with Gasteiger partial charge in [0.25, 0.3) is 0 Å². The molecule has 0 aliphatic carbocycles. The lowest BCUT2D eigenvalue weighted by Crippen LogP contribution is -2.25. The van der Waals surface area contributed by atoms with E-state index in [9.17, 15) is 4.79 Å². The van der Waals surface area contributed by atoms with Gasteiger partial charge in [0.2, 0.25) is 5.91 Å². The predicted molar refractivity (Wildman–Crippen MR) is 95.9 cm³/mol. The Hall–Kier alpha value is -2.20. The first-order valence-electron chi connectivity index (χ1n) is 7.40. The van der Waals surface area contributed by atoms with E-state index in [1.807, 2.05) is 50.2 Å². The van der Waals surface area contributed by atoms with Gasteiger partial charge in [-0.15, -0.1) is 12.4 Å². The van der Waals surface area contributed by atoms with Gasteiger partial charge in [0, 0.05) is 17.8 Å². The van der Waals surface area contributed by atoms with Crippen molar-refractivity contribution in [1.82, 2.24) is 5.32 Å². The Morgan fingerprint density at radius 1 is 1.13 bits per heavy atom. The minimum absolute atomic E-state index is 0. The second-order valence-corrected chi connectivity index (χ2v) is 5.47. The molecule has 1 amide bonds. The summed E-state index contributed by atoms with van der Waals surface area (Å²) < 4.78 is 5.74. The van der Waals surface area contributed by atoms with Crippen LogP contribution < -0.4 is 15.8 Å². The van der Waals surface area contributed by atoms with Gasteiger partial charge in [0.05, 0.1) is 12.5 Å². The van der Waals surface area contributed by atoms with Gasteiger partial charge in [-0.3, -0.25) is 4.79 Å². The summed E-state index contributed by atoms with van der Waals surface area (Å²) in [5.74, 6) is 0.786. The number of para-hydroxylation sites is 1. The maximum absolute atomic E-state index is 12.0. The third-order valence-corrected chi connectivity index (χ3v) is 3.16. The molecule has 2 aromatic rings. The molecule has 4 nitrogen and oxygen atoms in total. The molecule has 0 unspecified atom stereocenters. The number of halogens is 1. The second kappa shape index (κ2) is 9.06. The van der Waals surface area contributed by atoms with Crippen molar-refractivity contribution in [3.63, 3.8) is 0 Å². The molecule has 3 N–H and O–H groups in total. The third-order valence-electron chi connectivity index (χ3n) is 3.16. The standard InChI is InChI=1S/C18H22N2O2.ClH/c1-13(2)22-17-6-4-3-5-15(17)12-20-18(21)11-14-7-9-16(19)10-8-14;/h3-10,13H,11-12,19H2,1-2H3,(H,20,21);1H. The number of nitrogens with two attached hydrogens (primary N) is 1. The van der Waals surface area contributed by atoms with Gasteiger partial charge in [-0.2, -0.15) is 0 Å². The van der Waals surface area contributed by atoms with E-state index in [4.69, 9.17) is 10.5 Å². The van der Waals surface area contributed by atoms with Crippen molar-refractivity contribution in [2.75, 3.05) is 5.73 Å². The number of nitrogens with one attached hydrogen (secondary N) is 1. The molecule has 0 saturated carbocycles. The molecular formula is C18H23ClN2O2. The van der Waals surface area contributed by atoms with Crippen LogP contribution in [0.3, 0.4) is 0 Å². The maximum atomic E-state index is 12.0. The van der Waals surface area contributed by atoms with Crippen LogP contribution in [0.25, 0.3) is 0 Å². The molecule has 0 saturated heterocycles. The van der Waals surface area contributed by atoms with Gasteiger partial charge >= 0.3 is 0 Å². The lowest BCUT2D eigenvalue weighted by Gasteiger charge is -2.14. The van der Waals surface area contributed by atoms with E-state index in [1.54, 1.807) is 12.1 Å². The molecule has 0 heterocycles. The highest BCUT2D eigenvalue weighted by Crippen LogP contribution is 2.19. The number of hydrogen-bond acceptors (Lipinski definition) is 3. The van der Waals surface area contributed by atoms with E-state index in [1.165, 1.54) is 0 Å². The summed E-state index contributed by atoms with van der Waals surface area (Å²) in [6, 6.07) is 15.1. The zero-order valence-electron chi connectivity index (χ0n) is 13.4. The maximum Gasteiger partial charge on any atom is 0.224 e. The van der Waals surface area contributed by atoms with Crippen LogP contribution in [0, 0.1) is 0 Å². The van der Waals surface area contributed by atoms with Crippen LogP contribution in [-0.4, -0.2) is 12.0 Å².